The van der Waals surface area contributed by atoms with E-state index in [2.05, 4.69) is 0 Å². The molecule has 94 valence electrons. The molecule has 1 aromatic carbocycles. The van der Waals surface area contributed by atoms with E-state index in [1.807, 2.05) is 38.1 Å². The van der Waals surface area contributed by atoms with Crippen LogP contribution in [0.1, 0.15) is 12.5 Å². The highest BCUT2D eigenvalue weighted by atomic mass is 16.4. The molecular formula is C13H19NO3. The maximum atomic E-state index is 10.8. The van der Waals surface area contributed by atoms with Gasteiger partial charge in [-0.25, -0.2) is 0 Å². The number of anilines is 1. The summed E-state index contributed by atoms with van der Waals surface area (Å²) in [4.78, 5) is 12.6. The quantitative estimate of drug-likeness (QED) is 0.787. The van der Waals surface area contributed by atoms with Crippen LogP contribution in [0.4, 0.5) is 5.69 Å². The summed E-state index contributed by atoms with van der Waals surface area (Å²) in [5, 5.41) is 17.9. The maximum Gasteiger partial charge on any atom is 0.323 e. The van der Waals surface area contributed by atoms with Gasteiger partial charge < -0.3 is 15.1 Å². The van der Waals surface area contributed by atoms with Crippen LogP contribution >= 0.6 is 0 Å². The predicted octanol–water partition coefficient (Wildman–Crippen LogP) is 1.51. The Morgan fingerprint density at radius 3 is 2.41 bits per heavy atom. The van der Waals surface area contributed by atoms with Gasteiger partial charge >= 0.3 is 5.97 Å². The van der Waals surface area contributed by atoms with Crippen molar-refractivity contribution in [3.05, 3.63) is 29.8 Å². The lowest BCUT2D eigenvalue weighted by atomic mass is 10.1. The van der Waals surface area contributed by atoms with Gasteiger partial charge in [0.05, 0.1) is 0 Å². The normalized spacial score (nSPS) is 12.2. The molecule has 0 heterocycles. The summed E-state index contributed by atoms with van der Waals surface area (Å²) < 4.78 is 0. The third-order valence-electron chi connectivity index (χ3n) is 2.57. The molecule has 1 aromatic rings. The molecule has 1 atom stereocenters. The third kappa shape index (κ3) is 4.44. The fourth-order valence-corrected chi connectivity index (χ4v) is 1.61. The van der Waals surface area contributed by atoms with Crippen molar-refractivity contribution >= 4 is 11.7 Å². The highest BCUT2D eigenvalue weighted by molar-refractivity contribution is 5.73. The van der Waals surface area contributed by atoms with Crippen molar-refractivity contribution < 1.29 is 15.0 Å². The summed E-state index contributed by atoms with van der Waals surface area (Å²) >= 11 is 0. The summed E-state index contributed by atoms with van der Waals surface area (Å²) in [6.07, 6.45) is 0. The van der Waals surface area contributed by atoms with Gasteiger partial charge in [-0.1, -0.05) is 24.6 Å². The van der Waals surface area contributed by atoms with Crippen molar-refractivity contribution in [2.24, 2.45) is 5.92 Å². The lowest BCUT2D eigenvalue weighted by molar-refractivity contribution is -0.135. The van der Waals surface area contributed by atoms with Gasteiger partial charge in [0.15, 0.2) is 0 Å². The number of nitrogens with zero attached hydrogens (tertiary/aromatic N) is 1. The number of aliphatic carboxylic acids is 1. The van der Waals surface area contributed by atoms with E-state index in [1.165, 1.54) is 0 Å². The second-order valence-electron chi connectivity index (χ2n) is 4.40. The van der Waals surface area contributed by atoms with Crippen LogP contribution in [0.15, 0.2) is 24.3 Å². The van der Waals surface area contributed by atoms with Gasteiger partial charge in [-0.2, -0.15) is 0 Å². The minimum atomic E-state index is -0.865. The van der Waals surface area contributed by atoms with E-state index in [0.717, 1.165) is 11.3 Å². The number of benzene rings is 1. The molecule has 2 N–H and O–H groups in total. The van der Waals surface area contributed by atoms with Crippen molar-refractivity contribution in [3.8, 4) is 0 Å². The first-order valence-corrected chi connectivity index (χ1v) is 5.67. The minimum absolute atomic E-state index is 0.0482. The topological polar surface area (TPSA) is 60.8 Å². The molecule has 1 unspecified atom stereocenters. The van der Waals surface area contributed by atoms with E-state index in [9.17, 15) is 4.79 Å². The van der Waals surface area contributed by atoms with Gasteiger partial charge in [0.25, 0.3) is 0 Å². The number of hydrogen-bond acceptors (Lipinski definition) is 3. The average molecular weight is 237 g/mol. The lowest BCUT2D eigenvalue weighted by Gasteiger charge is -2.25. The molecule has 0 saturated carbocycles. The number of carboxylic acid groups (broad SMARTS) is 1. The molecule has 0 aliphatic rings. The summed E-state index contributed by atoms with van der Waals surface area (Å²) in [5.41, 5.74) is 2.01. The summed E-state index contributed by atoms with van der Waals surface area (Å²) in [5.74, 6) is -0.814. The van der Waals surface area contributed by atoms with Gasteiger partial charge in [-0.15, -0.1) is 0 Å². The molecule has 0 aliphatic heterocycles. The number of aryl methyl sites for hydroxylation is 1. The van der Waals surface area contributed by atoms with E-state index >= 15 is 0 Å². The Labute approximate surface area is 101 Å². The molecule has 0 spiro atoms. The molecule has 0 bridgehead atoms. The zero-order valence-corrected chi connectivity index (χ0v) is 10.3. The molecule has 0 aromatic heterocycles. The largest absolute Gasteiger partial charge is 0.480 e. The van der Waals surface area contributed by atoms with Crippen molar-refractivity contribution in [1.29, 1.82) is 0 Å². The molecular weight excluding hydrogens is 218 g/mol. The van der Waals surface area contributed by atoms with E-state index in [4.69, 9.17) is 10.2 Å². The van der Waals surface area contributed by atoms with Gasteiger partial charge in [-0.05, 0) is 25.0 Å². The van der Waals surface area contributed by atoms with Crippen LogP contribution in [0.2, 0.25) is 0 Å². The molecule has 17 heavy (non-hydrogen) atoms. The van der Waals surface area contributed by atoms with Crippen LogP contribution in [0.3, 0.4) is 0 Å². The first kappa shape index (κ1) is 13.5. The monoisotopic (exact) mass is 237 g/mol. The van der Waals surface area contributed by atoms with Gasteiger partial charge in [0.2, 0.25) is 0 Å². The standard InChI is InChI=1S/C13H19NO3/c1-10-3-5-12(6-4-10)14(8-13(16)17)7-11(2)9-15/h3-6,11,15H,7-9H2,1-2H3,(H,16,17). The highest BCUT2D eigenvalue weighted by Crippen LogP contribution is 2.16. The summed E-state index contributed by atoms with van der Waals surface area (Å²) in [6.45, 7) is 4.42. The Morgan fingerprint density at radius 1 is 1.35 bits per heavy atom. The second kappa shape index (κ2) is 6.25. The first-order valence-electron chi connectivity index (χ1n) is 5.67. The molecule has 0 radical (unpaired) electrons. The van der Waals surface area contributed by atoms with Crippen LogP contribution in [0, 0.1) is 12.8 Å². The number of rotatable bonds is 6. The van der Waals surface area contributed by atoms with Gasteiger partial charge in [-0.3, -0.25) is 4.79 Å². The summed E-state index contributed by atoms with van der Waals surface area (Å²) in [6, 6.07) is 7.71. The van der Waals surface area contributed by atoms with Crippen LogP contribution in [0.5, 0.6) is 0 Å². The molecule has 1 rings (SSSR count). The van der Waals surface area contributed by atoms with Crippen LogP contribution in [-0.4, -0.2) is 35.9 Å². The van der Waals surface area contributed by atoms with Crippen LogP contribution in [-0.2, 0) is 4.79 Å². The average Bonchev–Trinajstić information content (AvgIpc) is 2.28. The van der Waals surface area contributed by atoms with E-state index in [-0.39, 0.29) is 19.1 Å². The second-order valence-corrected chi connectivity index (χ2v) is 4.40. The fraction of sp³-hybridized carbons (Fsp3) is 0.462. The Hall–Kier alpha value is -1.55. The molecule has 0 saturated heterocycles. The predicted molar refractivity (Wildman–Crippen MR) is 67.3 cm³/mol. The third-order valence-corrected chi connectivity index (χ3v) is 2.57. The molecule has 0 fully saturated rings. The van der Waals surface area contributed by atoms with E-state index in [1.54, 1.807) is 4.90 Å². The highest BCUT2D eigenvalue weighted by Gasteiger charge is 2.13. The van der Waals surface area contributed by atoms with Gasteiger partial charge in [0.1, 0.15) is 6.54 Å². The molecule has 4 nitrogen and oxygen atoms in total. The van der Waals surface area contributed by atoms with E-state index < -0.39 is 5.97 Å². The van der Waals surface area contributed by atoms with Crippen molar-refractivity contribution in [2.75, 3.05) is 24.6 Å². The fourth-order valence-electron chi connectivity index (χ4n) is 1.61. The Morgan fingerprint density at radius 2 is 1.94 bits per heavy atom. The number of carbonyl (C=O) groups is 1. The van der Waals surface area contributed by atoms with Gasteiger partial charge in [0, 0.05) is 18.8 Å². The lowest BCUT2D eigenvalue weighted by Crippen LogP contribution is -2.34. The minimum Gasteiger partial charge on any atom is -0.480 e. The van der Waals surface area contributed by atoms with Crippen molar-refractivity contribution in [2.45, 2.75) is 13.8 Å². The Kier molecular flexibility index (Phi) is 4.97. The number of carboxylic acids is 1. The zero-order valence-electron chi connectivity index (χ0n) is 10.3. The Bertz CT molecular complexity index is 361. The Balaban J connectivity index is 2.81. The van der Waals surface area contributed by atoms with Crippen LogP contribution in [0.25, 0.3) is 0 Å². The number of hydrogen-bond donors (Lipinski definition) is 2. The summed E-state index contributed by atoms with van der Waals surface area (Å²) in [7, 11) is 0. The molecule has 0 aliphatic carbocycles. The van der Waals surface area contributed by atoms with Crippen molar-refractivity contribution in [1.82, 2.24) is 0 Å². The number of aliphatic hydroxyl groups excluding tert-OH is 1. The van der Waals surface area contributed by atoms with Crippen molar-refractivity contribution in [3.63, 3.8) is 0 Å². The van der Waals surface area contributed by atoms with Crippen LogP contribution < -0.4 is 4.90 Å². The first-order chi connectivity index (χ1) is 8.02. The number of aliphatic hydroxyl groups is 1. The van der Waals surface area contributed by atoms with E-state index in [0.29, 0.717) is 6.54 Å². The maximum absolute atomic E-state index is 10.8. The molecule has 4 heteroatoms. The molecule has 0 amide bonds. The SMILES string of the molecule is Cc1ccc(N(CC(=O)O)CC(C)CO)cc1. The zero-order chi connectivity index (χ0) is 12.8. The smallest absolute Gasteiger partial charge is 0.323 e.